The number of hydrogen-bond acceptors (Lipinski definition) is 3. The van der Waals surface area contributed by atoms with E-state index in [9.17, 15) is 5.11 Å². The maximum atomic E-state index is 9.39. The number of nitrogens with one attached hydrogen (secondary N) is 1. The maximum absolute atomic E-state index is 9.39. The second-order valence-corrected chi connectivity index (χ2v) is 3.63. The standard InChI is InChI=1S/C9H19NO2/c1-3-7(2)4-10-8-5-12-6-9(8)11/h7-11H,3-6H2,1-2H3. The van der Waals surface area contributed by atoms with Crippen molar-refractivity contribution < 1.29 is 9.84 Å². The van der Waals surface area contributed by atoms with E-state index in [0.717, 1.165) is 6.54 Å². The van der Waals surface area contributed by atoms with E-state index in [0.29, 0.717) is 19.1 Å². The molecule has 72 valence electrons. The lowest BCUT2D eigenvalue weighted by Crippen LogP contribution is -2.40. The summed E-state index contributed by atoms with van der Waals surface area (Å²) in [4.78, 5) is 0. The topological polar surface area (TPSA) is 41.5 Å². The summed E-state index contributed by atoms with van der Waals surface area (Å²) >= 11 is 0. The summed E-state index contributed by atoms with van der Waals surface area (Å²) in [5.74, 6) is 0.679. The van der Waals surface area contributed by atoms with E-state index in [4.69, 9.17) is 4.74 Å². The molecule has 3 nitrogen and oxygen atoms in total. The average Bonchev–Trinajstić information content (AvgIpc) is 2.47. The molecule has 1 aliphatic rings. The molecule has 0 aromatic heterocycles. The van der Waals surface area contributed by atoms with E-state index >= 15 is 0 Å². The number of ether oxygens (including phenoxy) is 1. The molecule has 0 bridgehead atoms. The Hall–Kier alpha value is -0.120. The summed E-state index contributed by atoms with van der Waals surface area (Å²) in [7, 11) is 0. The van der Waals surface area contributed by atoms with Crippen molar-refractivity contribution in [1.82, 2.24) is 5.32 Å². The highest BCUT2D eigenvalue weighted by Gasteiger charge is 2.25. The van der Waals surface area contributed by atoms with Crippen molar-refractivity contribution in [1.29, 1.82) is 0 Å². The number of aliphatic hydroxyl groups is 1. The first-order valence-electron chi connectivity index (χ1n) is 4.73. The normalized spacial score (nSPS) is 32.2. The Morgan fingerprint density at radius 1 is 1.58 bits per heavy atom. The molecule has 0 aromatic rings. The molecule has 0 amide bonds. The lowest BCUT2D eigenvalue weighted by molar-refractivity contribution is 0.122. The van der Waals surface area contributed by atoms with Crippen LogP contribution < -0.4 is 5.32 Å². The van der Waals surface area contributed by atoms with Gasteiger partial charge in [-0.05, 0) is 12.5 Å². The van der Waals surface area contributed by atoms with Gasteiger partial charge in [-0.25, -0.2) is 0 Å². The Balaban J connectivity index is 2.13. The number of hydrogen-bond donors (Lipinski definition) is 2. The van der Waals surface area contributed by atoms with Gasteiger partial charge in [0.1, 0.15) is 0 Å². The van der Waals surface area contributed by atoms with E-state index in [2.05, 4.69) is 19.2 Å². The van der Waals surface area contributed by atoms with Crippen molar-refractivity contribution in [2.45, 2.75) is 32.4 Å². The van der Waals surface area contributed by atoms with Gasteiger partial charge in [0, 0.05) is 0 Å². The van der Waals surface area contributed by atoms with Crippen LogP contribution in [0.4, 0.5) is 0 Å². The third-order valence-electron chi connectivity index (χ3n) is 2.48. The molecule has 1 rings (SSSR count). The third-order valence-corrected chi connectivity index (χ3v) is 2.48. The zero-order valence-electron chi connectivity index (χ0n) is 7.92. The van der Waals surface area contributed by atoms with Crippen molar-refractivity contribution >= 4 is 0 Å². The van der Waals surface area contributed by atoms with Gasteiger partial charge in [0.25, 0.3) is 0 Å². The third kappa shape index (κ3) is 2.73. The van der Waals surface area contributed by atoms with Crippen LogP contribution in [0.25, 0.3) is 0 Å². The Kier molecular flexibility index (Phi) is 3.98. The van der Waals surface area contributed by atoms with Crippen molar-refractivity contribution in [2.24, 2.45) is 5.92 Å². The minimum atomic E-state index is -0.311. The van der Waals surface area contributed by atoms with Crippen LogP contribution in [0.3, 0.4) is 0 Å². The Labute approximate surface area is 74.1 Å². The van der Waals surface area contributed by atoms with Gasteiger partial charge in [-0.2, -0.15) is 0 Å². The molecule has 0 radical (unpaired) electrons. The van der Waals surface area contributed by atoms with Gasteiger partial charge >= 0.3 is 0 Å². The summed E-state index contributed by atoms with van der Waals surface area (Å²) < 4.78 is 5.12. The second-order valence-electron chi connectivity index (χ2n) is 3.63. The molecule has 1 saturated heterocycles. The molecule has 3 heteroatoms. The van der Waals surface area contributed by atoms with Gasteiger partial charge < -0.3 is 15.2 Å². The lowest BCUT2D eigenvalue weighted by Gasteiger charge is -2.17. The van der Waals surface area contributed by atoms with E-state index in [1.807, 2.05) is 0 Å². The first kappa shape index (κ1) is 9.96. The molecule has 0 aliphatic carbocycles. The highest BCUT2D eigenvalue weighted by molar-refractivity contribution is 4.80. The van der Waals surface area contributed by atoms with Crippen LogP contribution in [-0.2, 0) is 4.74 Å². The smallest absolute Gasteiger partial charge is 0.0948 e. The van der Waals surface area contributed by atoms with E-state index in [1.165, 1.54) is 6.42 Å². The molecular weight excluding hydrogens is 154 g/mol. The van der Waals surface area contributed by atoms with Crippen molar-refractivity contribution in [3.05, 3.63) is 0 Å². The highest BCUT2D eigenvalue weighted by atomic mass is 16.5. The molecule has 0 saturated carbocycles. The summed E-state index contributed by atoms with van der Waals surface area (Å²) in [5, 5.41) is 12.7. The molecule has 0 aromatic carbocycles. The van der Waals surface area contributed by atoms with Crippen LogP contribution in [0.2, 0.25) is 0 Å². The van der Waals surface area contributed by atoms with E-state index in [-0.39, 0.29) is 12.1 Å². The molecule has 12 heavy (non-hydrogen) atoms. The van der Waals surface area contributed by atoms with Gasteiger partial charge in [0.2, 0.25) is 0 Å². The van der Waals surface area contributed by atoms with Gasteiger partial charge in [-0.15, -0.1) is 0 Å². The van der Waals surface area contributed by atoms with Gasteiger partial charge in [0.05, 0.1) is 25.4 Å². The molecule has 3 unspecified atom stereocenters. The molecule has 1 heterocycles. The number of rotatable bonds is 4. The average molecular weight is 173 g/mol. The van der Waals surface area contributed by atoms with Crippen LogP contribution >= 0.6 is 0 Å². The second kappa shape index (κ2) is 4.80. The van der Waals surface area contributed by atoms with Crippen molar-refractivity contribution in [3.8, 4) is 0 Å². The first-order valence-corrected chi connectivity index (χ1v) is 4.73. The minimum Gasteiger partial charge on any atom is -0.389 e. The Morgan fingerprint density at radius 2 is 2.33 bits per heavy atom. The van der Waals surface area contributed by atoms with Gasteiger partial charge in [-0.1, -0.05) is 20.3 Å². The fourth-order valence-electron chi connectivity index (χ4n) is 1.23. The fraction of sp³-hybridized carbons (Fsp3) is 1.00. The van der Waals surface area contributed by atoms with Crippen LogP contribution in [-0.4, -0.2) is 37.0 Å². The first-order chi connectivity index (χ1) is 5.74. The molecule has 3 atom stereocenters. The van der Waals surface area contributed by atoms with Crippen molar-refractivity contribution in [3.63, 3.8) is 0 Å². The minimum absolute atomic E-state index is 0.152. The Morgan fingerprint density at radius 3 is 2.83 bits per heavy atom. The fourth-order valence-corrected chi connectivity index (χ4v) is 1.23. The Bertz CT molecular complexity index is 130. The predicted octanol–water partition coefficient (Wildman–Crippen LogP) is 0.382. The predicted molar refractivity (Wildman–Crippen MR) is 48.1 cm³/mol. The molecule has 1 aliphatic heterocycles. The highest BCUT2D eigenvalue weighted by Crippen LogP contribution is 2.06. The van der Waals surface area contributed by atoms with Crippen LogP contribution in [0, 0.1) is 5.92 Å². The molecular formula is C9H19NO2. The van der Waals surface area contributed by atoms with Crippen molar-refractivity contribution in [2.75, 3.05) is 19.8 Å². The quantitative estimate of drug-likeness (QED) is 0.646. The maximum Gasteiger partial charge on any atom is 0.0948 e. The lowest BCUT2D eigenvalue weighted by atomic mass is 10.1. The summed E-state index contributed by atoms with van der Waals surface area (Å²) in [6.45, 7) is 6.49. The number of aliphatic hydroxyl groups excluding tert-OH is 1. The van der Waals surface area contributed by atoms with Gasteiger partial charge in [0.15, 0.2) is 0 Å². The zero-order chi connectivity index (χ0) is 8.97. The zero-order valence-corrected chi connectivity index (χ0v) is 7.92. The SMILES string of the molecule is CCC(C)CNC1COCC1O. The van der Waals surface area contributed by atoms with E-state index in [1.54, 1.807) is 0 Å². The molecule has 0 spiro atoms. The summed E-state index contributed by atoms with van der Waals surface area (Å²) in [6, 6.07) is 0.152. The summed E-state index contributed by atoms with van der Waals surface area (Å²) in [6.07, 6.45) is 0.866. The van der Waals surface area contributed by atoms with Crippen LogP contribution in [0.15, 0.2) is 0 Å². The van der Waals surface area contributed by atoms with E-state index < -0.39 is 0 Å². The summed E-state index contributed by atoms with van der Waals surface area (Å²) in [5.41, 5.74) is 0. The molecule has 1 fully saturated rings. The van der Waals surface area contributed by atoms with Crippen LogP contribution in [0.5, 0.6) is 0 Å². The largest absolute Gasteiger partial charge is 0.389 e. The molecule has 2 N–H and O–H groups in total. The monoisotopic (exact) mass is 173 g/mol. The van der Waals surface area contributed by atoms with Crippen LogP contribution in [0.1, 0.15) is 20.3 Å². The van der Waals surface area contributed by atoms with Gasteiger partial charge in [-0.3, -0.25) is 0 Å².